The zero-order chi connectivity index (χ0) is 22.5. The average molecular weight is 436 g/mol. The minimum Gasteiger partial charge on any atom is -0.384 e. The van der Waals surface area contributed by atoms with E-state index in [-0.39, 0.29) is 12.0 Å². The van der Waals surface area contributed by atoms with Crippen molar-refractivity contribution in [2.75, 3.05) is 18.9 Å². The molecule has 1 aliphatic rings. The number of hydrogen-bond acceptors (Lipinski definition) is 5. The number of aromatic nitrogens is 3. The van der Waals surface area contributed by atoms with Crippen molar-refractivity contribution in [2.45, 2.75) is 65.0 Å². The van der Waals surface area contributed by atoms with Gasteiger partial charge in [0.05, 0.1) is 17.1 Å². The Bertz CT molecular complexity index is 1130. The first-order valence-electron chi connectivity index (χ1n) is 11.7. The van der Waals surface area contributed by atoms with E-state index in [9.17, 15) is 4.79 Å². The molecule has 0 atom stereocenters. The van der Waals surface area contributed by atoms with Crippen LogP contribution in [0, 0.1) is 0 Å². The van der Waals surface area contributed by atoms with Gasteiger partial charge < -0.3 is 20.4 Å². The van der Waals surface area contributed by atoms with Gasteiger partial charge in [0.1, 0.15) is 16.9 Å². The summed E-state index contributed by atoms with van der Waals surface area (Å²) >= 11 is 0. The molecule has 1 aliphatic carbocycles. The number of anilines is 1. The van der Waals surface area contributed by atoms with Gasteiger partial charge in [0.15, 0.2) is 5.65 Å². The van der Waals surface area contributed by atoms with Gasteiger partial charge >= 0.3 is 0 Å². The molecule has 1 amide bonds. The fourth-order valence-corrected chi connectivity index (χ4v) is 4.24. The molecule has 170 valence electrons. The van der Waals surface area contributed by atoms with Crippen LogP contribution in [0.5, 0.6) is 0 Å². The molecule has 0 spiro atoms. The van der Waals surface area contributed by atoms with Crippen LogP contribution in [-0.2, 0) is 11.3 Å². The van der Waals surface area contributed by atoms with E-state index in [1.165, 1.54) is 18.4 Å². The zero-order valence-corrected chi connectivity index (χ0v) is 19.1. The highest BCUT2D eigenvalue weighted by molar-refractivity contribution is 6.10. The summed E-state index contributed by atoms with van der Waals surface area (Å²) in [5.41, 5.74) is 11.2. The van der Waals surface area contributed by atoms with E-state index in [0.717, 1.165) is 36.7 Å². The van der Waals surface area contributed by atoms with Gasteiger partial charge in [-0.2, -0.15) is 0 Å². The molecule has 2 heterocycles. The molecule has 1 aromatic carbocycles. The summed E-state index contributed by atoms with van der Waals surface area (Å²) in [4.78, 5) is 22.7. The number of rotatable bonds is 9. The standard InChI is InChI=1S/C25H33N5O2/c1-17(2)32-16-8-14-27-25(31)21-22-24(29-20-12-7-6-11-19(20)28-22)30(23(21)26)15-13-18-9-4-3-5-10-18/h6-7,9,11-12,17H,3-5,8,10,13-16,26H2,1-2H3,(H,27,31). The number of benzene rings is 1. The van der Waals surface area contributed by atoms with Crippen LogP contribution in [0.4, 0.5) is 5.82 Å². The highest BCUT2D eigenvalue weighted by atomic mass is 16.5. The van der Waals surface area contributed by atoms with E-state index in [1.807, 2.05) is 42.7 Å². The maximum Gasteiger partial charge on any atom is 0.257 e. The van der Waals surface area contributed by atoms with E-state index in [2.05, 4.69) is 11.4 Å². The molecule has 2 aromatic heterocycles. The number of fused-ring (bicyclic) bond motifs is 2. The summed E-state index contributed by atoms with van der Waals surface area (Å²) in [6, 6.07) is 7.72. The molecule has 4 rings (SSSR count). The number of ether oxygens (including phenoxy) is 1. The first-order valence-corrected chi connectivity index (χ1v) is 11.7. The summed E-state index contributed by atoms with van der Waals surface area (Å²) in [5.74, 6) is 0.222. The Morgan fingerprint density at radius 1 is 1.22 bits per heavy atom. The van der Waals surface area contributed by atoms with E-state index in [0.29, 0.717) is 42.2 Å². The van der Waals surface area contributed by atoms with Gasteiger partial charge in [-0.15, -0.1) is 0 Å². The summed E-state index contributed by atoms with van der Waals surface area (Å²) in [7, 11) is 0. The molecular weight excluding hydrogens is 402 g/mol. The Hall–Kier alpha value is -2.93. The van der Waals surface area contributed by atoms with E-state index < -0.39 is 0 Å². The molecule has 7 nitrogen and oxygen atoms in total. The third-order valence-electron chi connectivity index (χ3n) is 5.92. The lowest BCUT2D eigenvalue weighted by Gasteiger charge is -2.14. The molecule has 32 heavy (non-hydrogen) atoms. The number of carbonyl (C=O) groups excluding carboxylic acids is 1. The van der Waals surface area contributed by atoms with Crippen LogP contribution >= 0.6 is 0 Å². The second kappa shape index (κ2) is 10.1. The second-order valence-corrected chi connectivity index (χ2v) is 8.68. The van der Waals surface area contributed by atoms with Gasteiger partial charge in [0.25, 0.3) is 5.91 Å². The smallest absolute Gasteiger partial charge is 0.257 e. The van der Waals surface area contributed by atoms with Crippen molar-refractivity contribution < 1.29 is 9.53 Å². The van der Waals surface area contributed by atoms with Crippen molar-refractivity contribution in [3.05, 3.63) is 41.5 Å². The van der Waals surface area contributed by atoms with E-state index >= 15 is 0 Å². The predicted octanol–water partition coefficient (Wildman–Crippen LogP) is 4.60. The second-order valence-electron chi connectivity index (χ2n) is 8.68. The van der Waals surface area contributed by atoms with Crippen molar-refractivity contribution in [3.63, 3.8) is 0 Å². The largest absolute Gasteiger partial charge is 0.384 e. The van der Waals surface area contributed by atoms with Crippen molar-refractivity contribution in [1.82, 2.24) is 19.9 Å². The van der Waals surface area contributed by atoms with Gasteiger partial charge in [0.2, 0.25) is 0 Å². The number of nitrogens with zero attached hydrogens (tertiary/aromatic N) is 3. The number of nitrogens with one attached hydrogen (secondary N) is 1. The minimum atomic E-state index is -0.211. The van der Waals surface area contributed by atoms with Gasteiger partial charge in [-0.05, 0) is 64.5 Å². The highest BCUT2D eigenvalue weighted by Crippen LogP contribution is 2.29. The molecule has 0 unspecified atom stereocenters. The number of para-hydroxylation sites is 2. The minimum absolute atomic E-state index is 0.183. The normalized spacial score (nSPS) is 14.3. The van der Waals surface area contributed by atoms with E-state index in [1.54, 1.807) is 0 Å². The summed E-state index contributed by atoms with van der Waals surface area (Å²) in [6.45, 7) is 5.82. The van der Waals surface area contributed by atoms with E-state index in [4.69, 9.17) is 20.4 Å². The van der Waals surface area contributed by atoms with Gasteiger partial charge in [-0.3, -0.25) is 4.79 Å². The van der Waals surface area contributed by atoms with Crippen LogP contribution in [0.2, 0.25) is 0 Å². The van der Waals surface area contributed by atoms with Crippen LogP contribution in [-0.4, -0.2) is 39.7 Å². The predicted molar refractivity (Wildman–Crippen MR) is 129 cm³/mol. The molecular formula is C25H33N5O2. The van der Waals surface area contributed by atoms with Crippen LogP contribution in [0.3, 0.4) is 0 Å². The fraction of sp³-hybridized carbons (Fsp3) is 0.480. The maximum absolute atomic E-state index is 13.1. The summed E-state index contributed by atoms with van der Waals surface area (Å²) < 4.78 is 7.52. The van der Waals surface area contributed by atoms with Crippen LogP contribution in [0.15, 0.2) is 35.9 Å². The topological polar surface area (TPSA) is 95.1 Å². The lowest BCUT2D eigenvalue weighted by atomic mass is 9.97. The molecule has 0 radical (unpaired) electrons. The third kappa shape index (κ3) is 4.93. The molecule has 7 heteroatoms. The number of carbonyl (C=O) groups is 1. The Kier molecular flexibility index (Phi) is 7.05. The highest BCUT2D eigenvalue weighted by Gasteiger charge is 2.24. The van der Waals surface area contributed by atoms with Crippen LogP contribution < -0.4 is 11.1 Å². The number of aryl methyl sites for hydroxylation is 1. The SMILES string of the molecule is CC(C)OCCCNC(=O)c1c(N)n(CCC2=CCCCC2)c2nc3ccccc3nc12. The molecule has 0 fully saturated rings. The quantitative estimate of drug-likeness (QED) is 0.378. The number of nitrogens with two attached hydrogens (primary N) is 1. The lowest BCUT2D eigenvalue weighted by molar-refractivity contribution is 0.0757. The van der Waals surface area contributed by atoms with Crippen molar-refractivity contribution in [2.24, 2.45) is 0 Å². The molecule has 3 aromatic rings. The average Bonchev–Trinajstić information content (AvgIpc) is 3.06. The van der Waals surface area contributed by atoms with Crippen LogP contribution in [0.25, 0.3) is 22.2 Å². The fourth-order valence-electron chi connectivity index (χ4n) is 4.24. The van der Waals surface area contributed by atoms with Crippen LogP contribution in [0.1, 0.15) is 62.7 Å². The molecule has 3 N–H and O–H groups in total. The zero-order valence-electron chi connectivity index (χ0n) is 19.1. The van der Waals surface area contributed by atoms with Crippen molar-refractivity contribution >= 4 is 33.9 Å². The number of allylic oxidation sites excluding steroid dienone is 2. The van der Waals surface area contributed by atoms with Crippen molar-refractivity contribution in [3.8, 4) is 0 Å². The first kappa shape index (κ1) is 22.3. The number of amides is 1. The Morgan fingerprint density at radius 2 is 2.00 bits per heavy atom. The summed E-state index contributed by atoms with van der Waals surface area (Å²) in [6.07, 6.45) is 8.98. The Labute approximate surface area is 189 Å². The van der Waals surface area contributed by atoms with Gasteiger partial charge in [-0.1, -0.05) is 23.8 Å². The Morgan fingerprint density at radius 3 is 2.72 bits per heavy atom. The molecule has 0 aliphatic heterocycles. The maximum atomic E-state index is 13.1. The van der Waals surface area contributed by atoms with Gasteiger partial charge in [-0.25, -0.2) is 9.97 Å². The van der Waals surface area contributed by atoms with Gasteiger partial charge in [0, 0.05) is 19.7 Å². The third-order valence-corrected chi connectivity index (χ3v) is 5.92. The Balaban J connectivity index is 1.63. The monoisotopic (exact) mass is 435 g/mol. The van der Waals surface area contributed by atoms with Crippen molar-refractivity contribution in [1.29, 1.82) is 0 Å². The molecule has 0 saturated heterocycles. The number of nitrogen functional groups attached to an aromatic ring is 1. The molecule has 0 saturated carbocycles. The summed E-state index contributed by atoms with van der Waals surface area (Å²) in [5, 5.41) is 2.98. The molecule has 0 bridgehead atoms. The lowest BCUT2D eigenvalue weighted by Crippen LogP contribution is -2.26. The first-order chi connectivity index (χ1) is 15.5. The number of hydrogen-bond donors (Lipinski definition) is 2.